The van der Waals surface area contributed by atoms with E-state index in [9.17, 15) is 0 Å². The smallest absolute Gasteiger partial charge is 0.192 e. The van der Waals surface area contributed by atoms with Gasteiger partial charge in [-0.25, -0.2) is 9.97 Å². The highest BCUT2D eigenvalue weighted by Gasteiger charge is 2.07. The topological polar surface area (TPSA) is 77.8 Å². The molecule has 18 heavy (non-hydrogen) atoms. The lowest BCUT2D eigenvalue weighted by Crippen LogP contribution is -1.98. The van der Waals surface area contributed by atoms with Crippen LogP contribution in [0.25, 0.3) is 0 Å². The molecule has 94 valence electrons. The van der Waals surface area contributed by atoms with Crippen LogP contribution in [0.2, 0.25) is 0 Å². The number of nitrogens with zero attached hydrogens (tertiary/aromatic N) is 2. The van der Waals surface area contributed by atoms with Gasteiger partial charge in [0, 0.05) is 16.3 Å². The molecule has 5 heteroatoms. The molecule has 0 spiro atoms. The number of rotatable bonds is 2. The fourth-order valence-corrected chi connectivity index (χ4v) is 2.41. The van der Waals surface area contributed by atoms with Gasteiger partial charge in [-0.3, -0.25) is 0 Å². The first-order valence-corrected chi connectivity index (χ1v) is 6.43. The Bertz CT molecular complexity index is 573. The Balaban J connectivity index is 2.31. The zero-order chi connectivity index (χ0) is 13.3. The van der Waals surface area contributed by atoms with Crippen LogP contribution >= 0.6 is 11.8 Å². The quantitative estimate of drug-likeness (QED) is 0.641. The second-order valence-electron chi connectivity index (χ2n) is 4.19. The molecule has 0 atom stereocenters. The van der Waals surface area contributed by atoms with E-state index in [0.29, 0.717) is 11.4 Å². The molecule has 0 radical (unpaired) electrons. The molecule has 0 saturated heterocycles. The lowest BCUT2D eigenvalue weighted by Gasteiger charge is -2.07. The zero-order valence-electron chi connectivity index (χ0n) is 10.7. The second-order valence-corrected chi connectivity index (χ2v) is 5.24. The second kappa shape index (κ2) is 4.86. The van der Waals surface area contributed by atoms with E-state index >= 15 is 0 Å². The summed E-state index contributed by atoms with van der Waals surface area (Å²) < 4.78 is 0. The van der Waals surface area contributed by atoms with Gasteiger partial charge in [-0.15, -0.1) is 0 Å². The maximum atomic E-state index is 5.78. The van der Waals surface area contributed by atoms with Crippen molar-refractivity contribution in [1.29, 1.82) is 0 Å². The molecule has 0 aliphatic carbocycles. The molecule has 2 aromatic rings. The van der Waals surface area contributed by atoms with Crippen LogP contribution < -0.4 is 11.5 Å². The van der Waals surface area contributed by atoms with Crippen molar-refractivity contribution in [2.45, 2.75) is 30.8 Å². The van der Waals surface area contributed by atoms with Gasteiger partial charge in [0.1, 0.15) is 0 Å². The first-order chi connectivity index (χ1) is 8.47. The van der Waals surface area contributed by atoms with Gasteiger partial charge in [0.05, 0.1) is 11.4 Å². The van der Waals surface area contributed by atoms with Crippen LogP contribution in [-0.2, 0) is 0 Å². The number of anilines is 2. The summed E-state index contributed by atoms with van der Waals surface area (Å²) in [5.41, 5.74) is 15.8. The molecule has 0 amide bonds. The van der Waals surface area contributed by atoms with Crippen LogP contribution in [0.5, 0.6) is 0 Å². The normalized spacial score (nSPS) is 10.6. The van der Waals surface area contributed by atoms with E-state index in [1.165, 1.54) is 11.8 Å². The van der Waals surface area contributed by atoms with E-state index in [2.05, 4.69) is 9.97 Å². The van der Waals surface area contributed by atoms with Gasteiger partial charge in [0.25, 0.3) is 0 Å². The van der Waals surface area contributed by atoms with E-state index in [-0.39, 0.29) is 0 Å². The highest BCUT2D eigenvalue weighted by Crippen LogP contribution is 2.29. The third-order valence-electron chi connectivity index (χ3n) is 2.88. The Morgan fingerprint density at radius 2 is 1.56 bits per heavy atom. The summed E-state index contributed by atoms with van der Waals surface area (Å²) in [7, 11) is 0. The van der Waals surface area contributed by atoms with Gasteiger partial charge >= 0.3 is 0 Å². The van der Waals surface area contributed by atoms with E-state index in [4.69, 9.17) is 11.5 Å². The van der Waals surface area contributed by atoms with E-state index in [1.807, 2.05) is 32.9 Å². The highest BCUT2D eigenvalue weighted by atomic mass is 32.2. The molecule has 1 heterocycles. The van der Waals surface area contributed by atoms with Crippen molar-refractivity contribution in [1.82, 2.24) is 9.97 Å². The van der Waals surface area contributed by atoms with Gasteiger partial charge < -0.3 is 11.5 Å². The van der Waals surface area contributed by atoms with E-state index in [0.717, 1.165) is 27.0 Å². The maximum Gasteiger partial charge on any atom is 0.192 e. The van der Waals surface area contributed by atoms with Crippen molar-refractivity contribution in [3.8, 4) is 0 Å². The van der Waals surface area contributed by atoms with Crippen LogP contribution in [0, 0.1) is 20.8 Å². The zero-order valence-corrected chi connectivity index (χ0v) is 11.5. The van der Waals surface area contributed by atoms with Crippen LogP contribution in [0.3, 0.4) is 0 Å². The minimum absolute atomic E-state index is 0.584. The summed E-state index contributed by atoms with van der Waals surface area (Å²) in [6.45, 7) is 6.01. The summed E-state index contributed by atoms with van der Waals surface area (Å²) in [5, 5.41) is 0.736. The molecule has 0 bridgehead atoms. The minimum atomic E-state index is 0.584. The molecule has 0 saturated carbocycles. The summed E-state index contributed by atoms with van der Waals surface area (Å²) in [4.78, 5) is 9.91. The average molecular weight is 260 g/mol. The molecular weight excluding hydrogens is 244 g/mol. The molecule has 0 fully saturated rings. The Hall–Kier alpha value is -1.75. The fraction of sp³-hybridized carbons (Fsp3) is 0.231. The minimum Gasteiger partial charge on any atom is -0.397 e. The molecule has 0 aliphatic rings. The maximum absolute atomic E-state index is 5.78. The number of nitrogens with two attached hydrogens (primary N) is 2. The van der Waals surface area contributed by atoms with Crippen molar-refractivity contribution in [2.75, 3.05) is 11.5 Å². The summed E-state index contributed by atoms with van der Waals surface area (Å²) in [6.07, 6.45) is 0. The monoisotopic (exact) mass is 260 g/mol. The third-order valence-corrected chi connectivity index (χ3v) is 3.73. The van der Waals surface area contributed by atoms with Crippen LogP contribution in [-0.4, -0.2) is 9.97 Å². The number of aryl methyl sites for hydroxylation is 2. The first kappa shape index (κ1) is 12.7. The summed E-state index contributed by atoms with van der Waals surface area (Å²) in [5.74, 6) is 0. The molecule has 0 aliphatic heterocycles. The van der Waals surface area contributed by atoms with Gasteiger partial charge in [-0.2, -0.15) is 0 Å². The first-order valence-electron chi connectivity index (χ1n) is 5.62. The predicted octanol–water partition coefficient (Wildman–Crippen LogP) is 2.72. The molecule has 0 unspecified atom stereocenters. The number of benzene rings is 1. The molecule has 1 aromatic carbocycles. The third kappa shape index (κ3) is 2.56. The Morgan fingerprint density at radius 3 is 2.11 bits per heavy atom. The molecular formula is C13H16N4S. The number of hydrogen-bond donors (Lipinski definition) is 2. The number of hydrogen-bond acceptors (Lipinski definition) is 5. The standard InChI is InChI=1S/C13H16N4S/c1-7-8(2)16-13(17-9(7)3)18-10-4-5-11(14)12(15)6-10/h4-6H,14-15H2,1-3H3. The lowest BCUT2D eigenvalue weighted by atomic mass is 10.2. The highest BCUT2D eigenvalue weighted by molar-refractivity contribution is 7.99. The molecule has 4 N–H and O–H groups in total. The Kier molecular flexibility index (Phi) is 3.43. The van der Waals surface area contributed by atoms with E-state index < -0.39 is 0 Å². The van der Waals surface area contributed by atoms with Crippen LogP contribution in [0.4, 0.5) is 11.4 Å². The molecule has 1 aromatic heterocycles. The number of aromatic nitrogens is 2. The summed E-state index contributed by atoms with van der Waals surface area (Å²) in [6, 6.07) is 5.56. The predicted molar refractivity (Wildman–Crippen MR) is 75.6 cm³/mol. The lowest BCUT2D eigenvalue weighted by molar-refractivity contribution is 0.881. The van der Waals surface area contributed by atoms with Gasteiger partial charge in [0.15, 0.2) is 5.16 Å². The largest absolute Gasteiger partial charge is 0.397 e. The fourth-order valence-electron chi connectivity index (χ4n) is 1.51. The van der Waals surface area contributed by atoms with Crippen molar-refractivity contribution in [2.24, 2.45) is 0 Å². The van der Waals surface area contributed by atoms with Gasteiger partial charge in [0.2, 0.25) is 0 Å². The van der Waals surface area contributed by atoms with Crippen LogP contribution in [0.15, 0.2) is 28.3 Å². The average Bonchev–Trinajstić information content (AvgIpc) is 2.31. The van der Waals surface area contributed by atoms with Crippen LogP contribution in [0.1, 0.15) is 17.0 Å². The van der Waals surface area contributed by atoms with Gasteiger partial charge in [-0.05, 0) is 56.3 Å². The van der Waals surface area contributed by atoms with Crippen molar-refractivity contribution in [3.05, 3.63) is 35.2 Å². The van der Waals surface area contributed by atoms with E-state index in [1.54, 1.807) is 6.07 Å². The Morgan fingerprint density at radius 1 is 0.944 bits per heavy atom. The van der Waals surface area contributed by atoms with Crippen molar-refractivity contribution < 1.29 is 0 Å². The molecule has 2 rings (SSSR count). The van der Waals surface area contributed by atoms with Gasteiger partial charge in [-0.1, -0.05) is 0 Å². The van der Waals surface area contributed by atoms with Crippen molar-refractivity contribution >= 4 is 23.1 Å². The Labute approximate surface area is 111 Å². The van der Waals surface area contributed by atoms with Crippen molar-refractivity contribution in [3.63, 3.8) is 0 Å². The molecule has 4 nitrogen and oxygen atoms in total. The number of nitrogen functional groups attached to an aromatic ring is 2. The summed E-state index contributed by atoms with van der Waals surface area (Å²) >= 11 is 1.49. The SMILES string of the molecule is Cc1nc(Sc2ccc(N)c(N)c2)nc(C)c1C.